The highest BCUT2D eigenvalue weighted by molar-refractivity contribution is 5.45. The van der Waals surface area contributed by atoms with Gasteiger partial charge in [0.05, 0.1) is 5.69 Å². The molecule has 1 heterocycles. The number of aromatic nitrogens is 1. The van der Waals surface area contributed by atoms with Crippen molar-refractivity contribution in [1.29, 1.82) is 0 Å². The van der Waals surface area contributed by atoms with Gasteiger partial charge in [-0.2, -0.15) is 0 Å². The molecule has 1 fully saturated rings. The fourth-order valence-electron chi connectivity index (χ4n) is 6.23. The Balaban J connectivity index is 1.46. The number of pyridine rings is 1. The number of benzene rings is 2. The van der Waals surface area contributed by atoms with E-state index in [1.807, 2.05) is 32.0 Å². The molecule has 3 atom stereocenters. The molecule has 0 saturated heterocycles. The number of aliphatic hydroxyl groups is 1. The molecular formula is C31H33NO2. The van der Waals surface area contributed by atoms with E-state index in [1.54, 1.807) is 0 Å². The van der Waals surface area contributed by atoms with Crippen LogP contribution in [0.3, 0.4) is 0 Å². The van der Waals surface area contributed by atoms with Gasteiger partial charge in [-0.05, 0) is 99.2 Å². The number of hydrogen-bond acceptors (Lipinski definition) is 3. The minimum atomic E-state index is -0.860. The minimum Gasteiger partial charge on any atom is -0.487 e. The van der Waals surface area contributed by atoms with E-state index in [4.69, 9.17) is 4.74 Å². The fraction of sp³-hybridized carbons (Fsp3) is 0.387. The average Bonchev–Trinajstić information content (AvgIpc) is 2.84. The van der Waals surface area contributed by atoms with E-state index in [0.717, 1.165) is 49.2 Å². The summed E-state index contributed by atoms with van der Waals surface area (Å²) >= 11 is 0. The summed E-state index contributed by atoms with van der Waals surface area (Å²) in [6.45, 7) is 4.30. The Kier molecular flexibility index (Phi) is 6.19. The maximum absolute atomic E-state index is 11.2. The van der Waals surface area contributed by atoms with E-state index in [1.165, 1.54) is 16.7 Å². The highest BCUT2D eigenvalue weighted by atomic mass is 16.5. The summed E-state index contributed by atoms with van der Waals surface area (Å²) in [6, 6.07) is 23.5. The van der Waals surface area contributed by atoms with Crippen molar-refractivity contribution >= 4 is 0 Å². The Labute approximate surface area is 203 Å². The number of ether oxygens (including phenoxy) is 1. The van der Waals surface area contributed by atoms with Crippen LogP contribution < -0.4 is 4.74 Å². The monoisotopic (exact) mass is 451 g/mol. The number of aryl methyl sites for hydroxylation is 2. The molecule has 0 spiro atoms. The molecule has 0 unspecified atom stereocenters. The molecule has 0 amide bonds. The number of nitrogens with zero attached hydrogens (tertiary/aromatic N) is 1. The summed E-state index contributed by atoms with van der Waals surface area (Å²) in [5, 5.41) is 11.2. The quantitative estimate of drug-likeness (QED) is 0.488. The predicted molar refractivity (Wildman–Crippen MR) is 136 cm³/mol. The van der Waals surface area contributed by atoms with Crippen LogP contribution in [0.1, 0.15) is 60.7 Å². The molecule has 2 aliphatic carbocycles. The Morgan fingerprint density at radius 2 is 1.91 bits per heavy atom. The van der Waals surface area contributed by atoms with Crippen LogP contribution >= 0.6 is 0 Å². The largest absolute Gasteiger partial charge is 0.487 e. The zero-order valence-electron chi connectivity index (χ0n) is 20.2. The number of rotatable bonds is 5. The molecule has 0 radical (unpaired) electrons. The molecule has 2 aliphatic rings. The second kappa shape index (κ2) is 9.28. The summed E-state index contributed by atoms with van der Waals surface area (Å²) in [7, 11) is 0. The summed E-state index contributed by atoms with van der Waals surface area (Å²) in [4.78, 5) is 4.56. The van der Waals surface area contributed by atoms with Crippen molar-refractivity contribution in [2.75, 3.05) is 0 Å². The van der Waals surface area contributed by atoms with Crippen LogP contribution in [0, 0.1) is 24.7 Å². The van der Waals surface area contributed by atoms with Crippen LogP contribution in [-0.4, -0.2) is 15.7 Å². The van der Waals surface area contributed by atoms with Gasteiger partial charge in [-0.25, -0.2) is 0 Å². The normalized spacial score (nSPS) is 25.4. The van der Waals surface area contributed by atoms with Gasteiger partial charge in [-0.1, -0.05) is 48.4 Å². The van der Waals surface area contributed by atoms with E-state index in [0.29, 0.717) is 18.9 Å². The summed E-state index contributed by atoms with van der Waals surface area (Å²) < 4.78 is 6.14. The highest BCUT2D eigenvalue weighted by Crippen LogP contribution is 2.54. The lowest BCUT2D eigenvalue weighted by Crippen LogP contribution is -2.50. The van der Waals surface area contributed by atoms with Crippen LogP contribution in [0.15, 0.2) is 66.7 Å². The van der Waals surface area contributed by atoms with Gasteiger partial charge >= 0.3 is 0 Å². The maximum atomic E-state index is 11.2. The van der Waals surface area contributed by atoms with Gasteiger partial charge in [0.25, 0.3) is 0 Å². The summed E-state index contributed by atoms with van der Waals surface area (Å²) in [6.07, 6.45) is 5.47. The Hall–Kier alpha value is -3.09. The molecule has 5 rings (SSSR count). The first kappa shape index (κ1) is 22.7. The number of fused-ring (bicyclic) bond motifs is 3. The van der Waals surface area contributed by atoms with Gasteiger partial charge in [0.1, 0.15) is 18.0 Å². The summed E-state index contributed by atoms with van der Waals surface area (Å²) in [5.41, 5.74) is 5.29. The van der Waals surface area contributed by atoms with Gasteiger partial charge < -0.3 is 9.84 Å². The molecule has 3 heteroatoms. The molecule has 3 aromatic rings. The third-order valence-electron chi connectivity index (χ3n) is 7.78. The first-order chi connectivity index (χ1) is 16.5. The summed E-state index contributed by atoms with van der Waals surface area (Å²) in [5.74, 6) is 7.40. The Bertz CT molecular complexity index is 1220. The van der Waals surface area contributed by atoms with Crippen LogP contribution in [-0.2, 0) is 24.9 Å². The standard InChI is InChI=1S/C31H33NO2/c1-3-16-30(33)17-18-31(20-24-9-5-4-6-10-24)26(21-30)13-12-25-19-28(14-15-29(25)31)34-22-27-11-7-8-23(2)32-27/h4-11,14-15,19,26,33H,12-13,17-18,20-22H2,1-2H3/t26-,30-,31+/m1/s1. The Morgan fingerprint density at radius 3 is 2.71 bits per heavy atom. The molecule has 34 heavy (non-hydrogen) atoms. The first-order valence-electron chi connectivity index (χ1n) is 12.4. The van der Waals surface area contributed by atoms with E-state index in [2.05, 4.69) is 65.4 Å². The second-order valence-electron chi connectivity index (χ2n) is 10.0. The molecule has 174 valence electrons. The smallest absolute Gasteiger partial charge is 0.130 e. The second-order valence-corrected chi connectivity index (χ2v) is 10.0. The molecule has 0 bridgehead atoms. The van der Waals surface area contributed by atoms with Gasteiger partial charge in [0, 0.05) is 11.1 Å². The van der Waals surface area contributed by atoms with Crippen molar-refractivity contribution in [1.82, 2.24) is 4.98 Å². The zero-order chi connectivity index (χ0) is 23.6. The lowest BCUT2D eigenvalue weighted by Gasteiger charge is -2.52. The van der Waals surface area contributed by atoms with Crippen LogP contribution in [0.2, 0.25) is 0 Å². The van der Waals surface area contributed by atoms with Crippen LogP contribution in [0.25, 0.3) is 0 Å². The average molecular weight is 452 g/mol. The van der Waals surface area contributed by atoms with Crippen molar-refractivity contribution in [3.8, 4) is 17.6 Å². The zero-order valence-corrected chi connectivity index (χ0v) is 20.2. The van der Waals surface area contributed by atoms with E-state index in [9.17, 15) is 5.11 Å². The minimum absolute atomic E-state index is 0.0210. The number of hydrogen-bond donors (Lipinski definition) is 1. The molecule has 1 aromatic heterocycles. The van der Waals surface area contributed by atoms with Crippen molar-refractivity contribution in [2.45, 2.75) is 70.0 Å². The SMILES string of the molecule is CC#C[C@@]1(O)CC[C@@]2(Cc3ccccc3)c3ccc(OCc4cccc(C)n4)cc3CC[C@@H]2C1. The van der Waals surface area contributed by atoms with Crippen molar-refractivity contribution < 1.29 is 9.84 Å². The predicted octanol–water partition coefficient (Wildman–Crippen LogP) is 5.95. The van der Waals surface area contributed by atoms with Crippen molar-refractivity contribution in [3.05, 3.63) is 94.8 Å². The molecule has 3 nitrogen and oxygen atoms in total. The molecule has 2 aromatic carbocycles. The van der Waals surface area contributed by atoms with Gasteiger partial charge in [-0.3, -0.25) is 4.98 Å². The highest BCUT2D eigenvalue weighted by Gasteiger charge is 2.51. The molecule has 0 aliphatic heterocycles. The van der Waals surface area contributed by atoms with Crippen molar-refractivity contribution in [2.24, 2.45) is 5.92 Å². The van der Waals surface area contributed by atoms with Crippen molar-refractivity contribution in [3.63, 3.8) is 0 Å². The molecule has 1 saturated carbocycles. The van der Waals surface area contributed by atoms with Crippen LogP contribution in [0.4, 0.5) is 0 Å². The van der Waals surface area contributed by atoms with Gasteiger partial charge in [0.15, 0.2) is 0 Å². The molecular weight excluding hydrogens is 418 g/mol. The Morgan fingerprint density at radius 1 is 1.06 bits per heavy atom. The maximum Gasteiger partial charge on any atom is 0.130 e. The third kappa shape index (κ3) is 4.48. The van der Waals surface area contributed by atoms with Crippen LogP contribution in [0.5, 0.6) is 5.75 Å². The van der Waals surface area contributed by atoms with E-state index >= 15 is 0 Å². The van der Waals surface area contributed by atoms with E-state index < -0.39 is 5.60 Å². The fourth-order valence-corrected chi connectivity index (χ4v) is 6.23. The van der Waals surface area contributed by atoms with Gasteiger partial charge in [-0.15, -0.1) is 5.92 Å². The third-order valence-corrected chi connectivity index (χ3v) is 7.78. The lowest BCUT2D eigenvalue weighted by molar-refractivity contribution is -0.00805. The topological polar surface area (TPSA) is 42.4 Å². The van der Waals surface area contributed by atoms with E-state index in [-0.39, 0.29) is 5.41 Å². The van der Waals surface area contributed by atoms with Gasteiger partial charge in [0.2, 0.25) is 0 Å². The lowest BCUT2D eigenvalue weighted by atomic mass is 9.52. The first-order valence-corrected chi connectivity index (χ1v) is 12.4. The molecule has 1 N–H and O–H groups in total.